The first-order valence-corrected chi connectivity index (χ1v) is 8.31. The minimum absolute atomic E-state index is 0.196. The Labute approximate surface area is 132 Å². The fourth-order valence-corrected chi connectivity index (χ4v) is 4.11. The minimum Gasteiger partial charge on any atom is -0.504 e. The lowest BCUT2D eigenvalue weighted by Gasteiger charge is -2.46. The fraction of sp³-hybridized carbons (Fsp3) is 0.667. The average Bonchev–Trinajstić information content (AvgIpc) is 2.47. The molecule has 1 aromatic rings. The van der Waals surface area contributed by atoms with Gasteiger partial charge in [0.2, 0.25) is 0 Å². The third-order valence-electron chi connectivity index (χ3n) is 5.16. The fourth-order valence-electron chi connectivity index (χ4n) is 4.11. The predicted octanol–water partition coefficient (Wildman–Crippen LogP) is 2.73. The number of ether oxygens (including phenoxy) is 1. The van der Waals surface area contributed by atoms with Crippen LogP contribution in [0.3, 0.4) is 0 Å². The van der Waals surface area contributed by atoms with Crippen LogP contribution in [0.5, 0.6) is 11.5 Å². The molecule has 2 aliphatic rings. The van der Waals surface area contributed by atoms with Crippen molar-refractivity contribution in [2.24, 2.45) is 11.8 Å². The highest BCUT2D eigenvalue weighted by atomic mass is 16.5. The Morgan fingerprint density at radius 2 is 2.14 bits per heavy atom. The molecule has 2 heterocycles. The van der Waals surface area contributed by atoms with E-state index in [0.717, 1.165) is 37.9 Å². The van der Waals surface area contributed by atoms with Crippen molar-refractivity contribution >= 4 is 0 Å². The number of phenolic OH excluding ortho intramolecular Hbond substituents is 1. The highest BCUT2D eigenvalue weighted by molar-refractivity contribution is 5.48. The lowest BCUT2D eigenvalue weighted by molar-refractivity contribution is -0.0191. The van der Waals surface area contributed by atoms with Crippen molar-refractivity contribution in [1.29, 1.82) is 0 Å². The monoisotopic (exact) mass is 305 g/mol. The van der Waals surface area contributed by atoms with Crippen LogP contribution in [0.1, 0.15) is 43.9 Å². The summed E-state index contributed by atoms with van der Waals surface area (Å²) < 4.78 is 5.22. The Morgan fingerprint density at radius 1 is 1.36 bits per heavy atom. The molecule has 3 rings (SSSR count). The molecular formula is C18H27NO3. The van der Waals surface area contributed by atoms with Crippen LogP contribution in [-0.4, -0.2) is 41.4 Å². The number of fused-ring (bicyclic) bond motifs is 3. The normalized spacial score (nSPS) is 28.3. The average molecular weight is 305 g/mol. The van der Waals surface area contributed by atoms with Crippen molar-refractivity contribution in [3.05, 3.63) is 23.3 Å². The zero-order chi connectivity index (χ0) is 15.9. The van der Waals surface area contributed by atoms with E-state index >= 15 is 0 Å². The van der Waals surface area contributed by atoms with Gasteiger partial charge in [0, 0.05) is 19.1 Å². The molecule has 0 amide bonds. The van der Waals surface area contributed by atoms with Crippen LogP contribution >= 0.6 is 0 Å². The van der Waals surface area contributed by atoms with Gasteiger partial charge in [0.15, 0.2) is 11.5 Å². The molecule has 1 aromatic carbocycles. The number of hydrogen-bond acceptors (Lipinski definition) is 4. The largest absolute Gasteiger partial charge is 0.504 e. The smallest absolute Gasteiger partial charge is 0.160 e. The number of benzene rings is 1. The molecule has 3 atom stereocenters. The Bertz CT molecular complexity index is 543. The van der Waals surface area contributed by atoms with E-state index < -0.39 is 0 Å². The molecule has 1 saturated heterocycles. The third-order valence-corrected chi connectivity index (χ3v) is 5.16. The van der Waals surface area contributed by atoms with Crippen LogP contribution in [0.2, 0.25) is 0 Å². The molecule has 0 bridgehead atoms. The highest BCUT2D eigenvalue weighted by Crippen LogP contribution is 2.43. The molecular weight excluding hydrogens is 278 g/mol. The topological polar surface area (TPSA) is 52.9 Å². The second-order valence-corrected chi connectivity index (χ2v) is 7.18. The van der Waals surface area contributed by atoms with Crippen molar-refractivity contribution in [2.75, 3.05) is 20.2 Å². The standard InChI is InChI=1S/C18H27NO3/c1-11(2)6-13-10-19-5-4-12-7-18(22-3)17(21)8-14(12)15(19)9-16(13)20/h7-8,11,13,15-16,20-21H,4-6,9-10H2,1-3H3/t13?,15?,16-/m0/s1. The van der Waals surface area contributed by atoms with Crippen LogP contribution in [0.4, 0.5) is 0 Å². The Balaban J connectivity index is 1.85. The van der Waals surface area contributed by atoms with Crippen LogP contribution in [0, 0.1) is 11.8 Å². The van der Waals surface area contributed by atoms with Crippen molar-refractivity contribution in [2.45, 2.75) is 45.3 Å². The van der Waals surface area contributed by atoms with E-state index in [1.165, 1.54) is 5.56 Å². The van der Waals surface area contributed by atoms with Gasteiger partial charge in [0.05, 0.1) is 13.2 Å². The summed E-state index contributed by atoms with van der Waals surface area (Å²) in [4.78, 5) is 2.48. The van der Waals surface area contributed by atoms with Crippen molar-refractivity contribution in [3.8, 4) is 11.5 Å². The molecule has 0 aliphatic carbocycles. The molecule has 1 fully saturated rings. The molecule has 22 heavy (non-hydrogen) atoms. The number of piperidine rings is 1. The lowest BCUT2D eigenvalue weighted by atomic mass is 9.79. The Morgan fingerprint density at radius 3 is 2.82 bits per heavy atom. The zero-order valence-corrected chi connectivity index (χ0v) is 13.7. The molecule has 0 radical (unpaired) electrons. The van der Waals surface area contributed by atoms with Gasteiger partial charge in [-0.15, -0.1) is 0 Å². The van der Waals surface area contributed by atoms with Gasteiger partial charge in [-0.1, -0.05) is 13.8 Å². The number of methoxy groups -OCH3 is 1. The van der Waals surface area contributed by atoms with Gasteiger partial charge in [0.25, 0.3) is 0 Å². The zero-order valence-electron chi connectivity index (χ0n) is 13.7. The van der Waals surface area contributed by atoms with Gasteiger partial charge in [-0.3, -0.25) is 4.90 Å². The van der Waals surface area contributed by atoms with Crippen molar-refractivity contribution in [3.63, 3.8) is 0 Å². The van der Waals surface area contributed by atoms with E-state index in [0.29, 0.717) is 17.6 Å². The van der Waals surface area contributed by atoms with Crippen molar-refractivity contribution < 1.29 is 14.9 Å². The molecule has 122 valence electrons. The van der Waals surface area contributed by atoms with Crippen molar-refractivity contribution in [1.82, 2.24) is 4.90 Å². The number of aliphatic hydroxyl groups is 1. The molecule has 2 unspecified atom stereocenters. The summed E-state index contributed by atoms with van der Waals surface area (Å²) in [6.45, 7) is 6.41. The van der Waals surface area contributed by atoms with Gasteiger partial charge in [-0.25, -0.2) is 0 Å². The van der Waals surface area contributed by atoms with Gasteiger partial charge in [-0.05, 0) is 54.4 Å². The number of aromatic hydroxyl groups is 1. The van der Waals surface area contributed by atoms with E-state index in [9.17, 15) is 10.2 Å². The summed E-state index contributed by atoms with van der Waals surface area (Å²) in [6, 6.07) is 4.01. The van der Waals surface area contributed by atoms with E-state index in [4.69, 9.17) is 4.74 Å². The number of nitrogens with zero attached hydrogens (tertiary/aromatic N) is 1. The molecule has 4 heteroatoms. The van der Waals surface area contributed by atoms with E-state index in [2.05, 4.69) is 18.7 Å². The van der Waals surface area contributed by atoms with Gasteiger partial charge in [-0.2, -0.15) is 0 Å². The molecule has 2 aliphatic heterocycles. The summed E-state index contributed by atoms with van der Waals surface area (Å²) in [5.41, 5.74) is 2.40. The molecule has 2 N–H and O–H groups in total. The summed E-state index contributed by atoms with van der Waals surface area (Å²) >= 11 is 0. The molecule has 4 nitrogen and oxygen atoms in total. The van der Waals surface area contributed by atoms with Gasteiger partial charge < -0.3 is 14.9 Å². The Kier molecular flexibility index (Phi) is 4.33. The minimum atomic E-state index is -0.251. The summed E-state index contributed by atoms with van der Waals surface area (Å²) in [5, 5.41) is 20.6. The maximum atomic E-state index is 10.5. The van der Waals surface area contributed by atoms with E-state index in [-0.39, 0.29) is 17.9 Å². The number of aliphatic hydroxyl groups excluding tert-OH is 1. The first kappa shape index (κ1) is 15.6. The summed E-state index contributed by atoms with van der Waals surface area (Å²) in [6.07, 6.45) is 2.56. The maximum Gasteiger partial charge on any atom is 0.160 e. The number of hydrogen-bond donors (Lipinski definition) is 2. The summed E-state index contributed by atoms with van der Waals surface area (Å²) in [7, 11) is 1.58. The van der Waals surface area contributed by atoms with E-state index in [1.807, 2.05) is 12.1 Å². The van der Waals surface area contributed by atoms with E-state index in [1.54, 1.807) is 7.11 Å². The number of phenols is 1. The number of rotatable bonds is 3. The van der Waals surface area contributed by atoms with Gasteiger partial charge in [0.1, 0.15) is 0 Å². The first-order chi connectivity index (χ1) is 10.5. The highest BCUT2D eigenvalue weighted by Gasteiger charge is 2.38. The maximum absolute atomic E-state index is 10.5. The quantitative estimate of drug-likeness (QED) is 0.901. The van der Waals surface area contributed by atoms with Crippen LogP contribution in [0.15, 0.2) is 12.1 Å². The van der Waals surface area contributed by atoms with Crippen LogP contribution in [0.25, 0.3) is 0 Å². The Hall–Kier alpha value is -1.26. The predicted molar refractivity (Wildman–Crippen MR) is 86.2 cm³/mol. The molecule has 0 spiro atoms. The molecule has 0 aromatic heterocycles. The van der Waals surface area contributed by atoms with Crippen LogP contribution < -0.4 is 4.74 Å². The third kappa shape index (κ3) is 2.82. The van der Waals surface area contributed by atoms with Gasteiger partial charge >= 0.3 is 0 Å². The first-order valence-electron chi connectivity index (χ1n) is 8.31. The molecule has 0 saturated carbocycles. The van der Waals surface area contributed by atoms with Crippen LogP contribution in [-0.2, 0) is 6.42 Å². The lowest BCUT2D eigenvalue weighted by Crippen LogP contribution is -2.48. The summed E-state index contributed by atoms with van der Waals surface area (Å²) in [5.74, 6) is 1.72. The second-order valence-electron chi connectivity index (χ2n) is 7.18. The SMILES string of the molecule is COc1cc2c(cc1O)C1C[C@H](O)C(CC(C)C)CN1CC2. The second kappa shape index (κ2) is 6.09.